The maximum Gasteiger partial charge on any atom is 0.230 e. The van der Waals surface area contributed by atoms with Crippen molar-refractivity contribution in [3.63, 3.8) is 0 Å². The van der Waals surface area contributed by atoms with Crippen LogP contribution in [0, 0.1) is 0 Å². The fraction of sp³-hybridized carbons (Fsp3) is 0.640. The maximum atomic E-state index is 12.5. The molecular formula is C25H36N4OS. The molecule has 0 spiro atoms. The fourth-order valence-electron chi connectivity index (χ4n) is 4.83. The quantitative estimate of drug-likeness (QED) is 0.568. The molecular weight excluding hydrogens is 404 g/mol. The van der Waals surface area contributed by atoms with E-state index in [1.165, 1.54) is 49.4 Å². The third kappa shape index (κ3) is 5.51. The van der Waals surface area contributed by atoms with Gasteiger partial charge in [-0.05, 0) is 36.7 Å². The smallest absolute Gasteiger partial charge is 0.230 e. The van der Waals surface area contributed by atoms with Gasteiger partial charge < -0.3 is 5.32 Å². The van der Waals surface area contributed by atoms with Crippen molar-refractivity contribution in [2.45, 2.75) is 101 Å². The van der Waals surface area contributed by atoms with Gasteiger partial charge in [0.1, 0.15) is 0 Å². The van der Waals surface area contributed by atoms with Gasteiger partial charge in [-0.3, -0.25) is 9.36 Å². The zero-order chi connectivity index (χ0) is 21.8. The highest BCUT2D eigenvalue weighted by Crippen LogP contribution is 2.37. The Morgan fingerprint density at radius 1 is 1.00 bits per heavy atom. The van der Waals surface area contributed by atoms with Crippen LogP contribution < -0.4 is 5.32 Å². The molecule has 0 radical (unpaired) electrons. The molecule has 2 aromatic rings. The number of aromatic nitrogens is 3. The molecule has 0 bridgehead atoms. The molecule has 5 nitrogen and oxygen atoms in total. The molecule has 2 saturated carbocycles. The second kappa shape index (κ2) is 9.76. The van der Waals surface area contributed by atoms with Crippen LogP contribution in [-0.2, 0) is 10.2 Å². The molecule has 0 atom stereocenters. The second-order valence-electron chi connectivity index (χ2n) is 10.1. The molecule has 0 aliphatic heterocycles. The second-order valence-corrected chi connectivity index (χ2v) is 11.1. The zero-order valence-corrected chi connectivity index (χ0v) is 20.0. The van der Waals surface area contributed by atoms with E-state index in [9.17, 15) is 4.79 Å². The Labute approximate surface area is 190 Å². The topological polar surface area (TPSA) is 59.8 Å². The SMILES string of the molecule is CC(C)(C)c1ccc(-c2nnc(SCC(=O)NC3CCCCC3)n2C2CCCC2)cc1. The summed E-state index contributed by atoms with van der Waals surface area (Å²) in [6, 6.07) is 9.52. The van der Waals surface area contributed by atoms with Crippen molar-refractivity contribution >= 4 is 17.7 Å². The number of carbonyl (C=O) groups is 1. The van der Waals surface area contributed by atoms with Crippen LogP contribution in [0.5, 0.6) is 0 Å². The van der Waals surface area contributed by atoms with Crippen LogP contribution >= 0.6 is 11.8 Å². The van der Waals surface area contributed by atoms with Crippen LogP contribution in [0.2, 0.25) is 0 Å². The van der Waals surface area contributed by atoms with Crippen LogP contribution in [0.25, 0.3) is 11.4 Å². The van der Waals surface area contributed by atoms with Crippen LogP contribution in [0.3, 0.4) is 0 Å². The number of benzene rings is 1. The summed E-state index contributed by atoms with van der Waals surface area (Å²) in [4.78, 5) is 12.5. The van der Waals surface area contributed by atoms with Gasteiger partial charge in [0, 0.05) is 17.6 Å². The number of thioether (sulfide) groups is 1. The van der Waals surface area contributed by atoms with Gasteiger partial charge in [-0.15, -0.1) is 10.2 Å². The summed E-state index contributed by atoms with van der Waals surface area (Å²) in [5.74, 6) is 1.46. The lowest BCUT2D eigenvalue weighted by atomic mass is 9.86. The first kappa shape index (κ1) is 22.4. The predicted molar refractivity (Wildman–Crippen MR) is 127 cm³/mol. The lowest BCUT2D eigenvalue weighted by molar-refractivity contribution is -0.119. The van der Waals surface area contributed by atoms with E-state index in [2.05, 4.69) is 65.1 Å². The van der Waals surface area contributed by atoms with Crippen molar-refractivity contribution in [1.82, 2.24) is 20.1 Å². The average Bonchev–Trinajstić information content (AvgIpc) is 3.42. The average molecular weight is 441 g/mol. The molecule has 1 aromatic carbocycles. The van der Waals surface area contributed by atoms with Crippen molar-refractivity contribution in [1.29, 1.82) is 0 Å². The van der Waals surface area contributed by atoms with Crippen molar-refractivity contribution in [2.75, 3.05) is 5.75 Å². The molecule has 2 fully saturated rings. The van der Waals surface area contributed by atoms with E-state index >= 15 is 0 Å². The van der Waals surface area contributed by atoms with E-state index < -0.39 is 0 Å². The van der Waals surface area contributed by atoms with E-state index in [4.69, 9.17) is 0 Å². The molecule has 6 heteroatoms. The number of amides is 1. The van der Waals surface area contributed by atoms with Crippen LogP contribution in [0.4, 0.5) is 0 Å². The Hall–Kier alpha value is -1.82. The Bertz CT molecular complexity index is 872. The molecule has 31 heavy (non-hydrogen) atoms. The lowest BCUT2D eigenvalue weighted by Crippen LogP contribution is -2.37. The Kier molecular flexibility index (Phi) is 7.05. The summed E-state index contributed by atoms with van der Waals surface area (Å²) in [5, 5.41) is 13.2. The van der Waals surface area contributed by atoms with Crippen molar-refractivity contribution < 1.29 is 4.79 Å². The van der Waals surface area contributed by atoms with E-state index in [1.807, 2.05) is 0 Å². The molecule has 1 heterocycles. The fourth-order valence-corrected chi connectivity index (χ4v) is 5.65. The monoisotopic (exact) mass is 440 g/mol. The van der Waals surface area contributed by atoms with Gasteiger partial charge in [0.25, 0.3) is 0 Å². The predicted octanol–water partition coefficient (Wildman–Crippen LogP) is 5.90. The van der Waals surface area contributed by atoms with Gasteiger partial charge in [0.05, 0.1) is 5.75 Å². The number of hydrogen-bond donors (Lipinski definition) is 1. The van der Waals surface area contributed by atoms with Gasteiger partial charge in [0.2, 0.25) is 5.91 Å². The molecule has 2 aliphatic carbocycles. The third-order valence-corrected chi connectivity index (χ3v) is 7.61. The van der Waals surface area contributed by atoms with E-state index in [0.717, 1.165) is 42.2 Å². The molecule has 0 unspecified atom stereocenters. The van der Waals surface area contributed by atoms with E-state index in [-0.39, 0.29) is 11.3 Å². The number of nitrogens with one attached hydrogen (secondary N) is 1. The van der Waals surface area contributed by atoms with E-state index in [0.29, 0.717) is 17.8 Å². The first-order valence-corrected chi connectivity index (χ1v) is 12.9. The summed E-state index contributed by atoms with van der Waals surface area (Å²) in [7, 11) is 0. The van der Waals surface area contributed by atoms with Crippen LogP contribution in [0.15, 0.2) is 29.4 Å². The minimum absolute atomic E-state index is 0.119. The van der Waals surface area contributed by atoms with Gasteiger partial charge in [-0.2, -0.15) is 0 Å². The van der Waals surface area contributed by atoms with Crippen molar-refractivity contribution in [3.05, 3.63) is 29.8 Å². The van der Waals surface area contributed by atoms with Gasteiger partial charge in [-0.25, -0.2) is 0 Å². The number of nitrogens with zero attached hydrogens (tertiary/aromatic N) is 3. The molecule has 1 aromatic heterocycles. The van der Waals surface area contributed by atoms with Crippen molar-refractivity contribution in [2.24, 2.45) is 0 Å². The van der Waals surface area contributed by atoms with Gasteiger partial charge in [0.15, 0.2) is 11.0 Å². The summed E-state index contributed by atoms with van der Waals surface area (Å²) in [6.45, 7) is 6.70. The third-order valence-electron chi connectivity index (χ3n) is 6.67. The van der Waals surface area contributed by atoms with Gasteiger partial charge in [-0.1, -0.05) is 88.9 Å². The number of rotatable bonds is 6. The van der Waals surface area contributed by atoms with Crippen molar-refractivity contribution in [3.8, 4) is 11.4 Å². The highest BCUT2D eigenvalue weighted by Gasteiger charge is 2.26. The first-order chi connectivity index (χ1) is 14.9. The standard InChI is InChI=1S/C25H36N4OS/c1-25(2,3)19-15-13-18(14-16-19)23-27-28-24(29(23)21-11-7-8-12-21)31-17-22(30)26-20-9-5-4-6-10-20/h13-16,20-21H,4-12,17H2,1-3H3,(H,26,30). The summed E-state index contributed by atoms with van der Waals surface area (Å²) in [6.07, 6.45) is 10.8. The zero-order valence-electron chi connectivity index (χ0n) is 19.2. The van der Waals surface area contributed by atoms with Gasteiger partial charge >= 0.3 is 0 Å². The molecule has 1 amide bonds. The van der Waals surface area contributed by atoms with E-state index in [1.54, 1.807) is 0 Å². The molecule has 168 valence electrons. The lowest BCUT2D eigenvalue weighted by Gasteiger charge is -2.22. The summed E-state index contributed by atoms with van der Waals surface area (Å²) >= 11 is 1.53. The first-order valence-electron chi connectivity index (χ1n) is 11.9. The number of carbonyl (C=O) groups excluding carboxylic acids is 1. The Balaban J connectivity index is 1.50. The summed E-state index contributed by atoms with van der Waals surface area (Å²) in [5.41, 5.74) is 2.55. The minimum Gasteiger partial charge on any atom is -0.353 e. The largest absolute Gasteiger partial charge is 0.353 e. The Morgan fingerprint density at radius 3 is 2.29 bits per heavy atom. The minimum atomic E-state index is 0.119. The molecule has 2 aliphatic rings. The Morgan fingerprint density at radius 2 is 1.65 bits per heavy atom. The highest BCUT2D eigenvalue weighted by molar-refractivity contribution is 7.99. The highest BCUT2D eigenvalue weighted by atomic mass is 32.2. The maximum absolute atomic E-state index is 12.5. The molecule has 0 saturated heterocycles. The normalized spacial score (nSPS) is 18.4. The summed E-state index contributed by atoms with van der Waals surface area (Å²) < 4.78 is 2.30. The molecule has 4 rings (SSSR count). The molecule has 1 N–H and O–H groups in total. The van der Waals surface area contributed by atoms with Crippen LogP contribution in [-0.4, -0.2) is 32.5 Å². The number of hydrogen-bond acceptors (Lipinski definition) is 4. The van der Waals surface area contributed by atoms with Crippen LogP contribution in [0.1, 0.15) is 90.2 Å².